The monoisotopic (exact) mass is 286 g/mol. The summed E-state index contributed by atoms with van der Waals surface area (Å²) in [5.74, 6) is 1.07. The van der Waals surface area contributed by atoms with Crippen molar-refractivity contribution in [3.05, 3.63) is 18.2 Å². The lowest BCUT2D eigenvalue weighted by molar-refractivity contribution is -0.117. The minimum atomic E-state index is -0.00379. The summed E-state index contributed by atoms with van der Waals surface area (Å²) >= 11 is 0. The zero-order chi connectivity index (χ0) is 13.5. The normalized spacial score (nSPS) is 11.3. The maximum atomic E-state index is 11.8. The van der Waals surface area contributed by atoms with Crippen LogP contribution in [-0.4, -0.2) is 13.0 Å². The molecule has 0 aliphatic rings. The number of rotatable bonds is 6. The Hall–Kier alpha value is -1.42. The van der Waals surface area contributed by atoms with Gasteiger partial charge in [0, 0.05) is 12.5 Å². The first-order chi connectivity index (χ1) is 8.56. The van der Waals surface area contributed by atoms with E-state index in [4.69, 9.17) is 10.5 Å². The van der Waals surface area contributed by atoms with Crippen molar-refractivity contribution in [3.63, 3.8) is 0 Å². The summed E-state index contributed by atoms with van der Waals surface area (Å²) in [7, 11) is 1.58. The molecule has 0 bridgehead atoms. The van der Waals surface area contributed by atoms with Crippen molar-refractivity contribution in [1.82, 2.24) is 0 Å². The lowest BCUT2D eigenvalue weighted by atomic mass is 10.0. The standard InChI is InChI=1S/C14H22N2O2.ClH/c1-4-5-10(2)8-14(17)16-13-9-11(18-3)6-7-12(13)15;/h6-7,9-10H,4-5,8,15H2,1-3H3,(H,16,17);1H. The largest absolute Gasteiger partial charge is 0.497 e. The Morgan fingerprint density at radius 1 is 1.47 bits per heavy atom. The van der Waals surface area contributed by atoms with Gasteiger partial charge >= 0.3 is 0 Å². The molecule has 0 aliphatic carbocycles. The van der Waals surface area contributed by atoms with E-state index in [0.717, 1.165) is 12.8 Å². The third kappa shape index (κ3) is 5.83. The van der Waals surface area contributed by atoms with Crippen LogP contribution in [0.4, 0.5) is 11.4 Å². The third-order valence-electron chi connectivity index (χ3n) is 2.85. The van der Waals surface area contributed by atoms with Gasteiger partial charge in [-0.25, -0.2) is 0 Å². The van der Waals surface area contributed by atoms with Gasteiger partial charge in [0.05, 0.1) is 18.5 Å². The van der Waals surface area contributed by atoms with Crippen LogP contribution in [0.5, 0.6) is 5.75 Å². The quantitative estimate of drug-likeness (QED) is 0.787. The Balaban J connectivity index is 0.00000324. The number of nitrogen functional groups attached to an aromatic ring is 1. The van der Waals surface area contributed by atoms with E-state index < -0.39 is 0 Å². The summed E-state index contributed by atoms with van der Waals surface area (Å²) in [4.78, 5) is 11.8. The van der Waals surface area contributed by atoms with E-state index in [-0.39, 0.29) is 18.3 Å². The minimum absolute atomic E-state index is 0. The van der Waals surface area contributed by atoms with E-state index in [1.54, 1.807) is 25.3 Å². The molecule has 0 saturated heterocycles. The third-order valence-corrected chi connectivity index (χ3v) is 2.85. The zero-order valence-electron chi connectivity index (χ0n) is 11.7. The predicted molar refractivity (Wildman–Crippen MR) is 82.0 cm³/mol. The Bertz CT molecular complexity index is 410. The molecule has 0 spiro atoms. The Kier molecular flexibility index (Phi) is 8.00. The van der Waals surface area contributed by atoms with Crippen molar-refractivity contribution < 1.29 is 9.53 Å². The minimum Gasteiger partial charge on any atom is -0.497 e. The SMILES string of the molecule is CCCC(C)CC(=O)Nc1cc(OC)ccc1N.Cl. The molecule has 0 saturated carbocycles. The van der Waals surface area contributed by atoms with Crippen LogP contribution >= 0.6 is 12.4 Å². The fraction of sp³-hybridized carbons (Fsp3) is 0.500. The maximum absolute atomic E-state index is 11.8. The second kappa shape index (κ2) is 8.64. The van der Waals surface area contributed by atoms with Crippen molar-refractivity contribution in [2.45, 2.75) is 33.1 Å². The molecule has 0 radical (unpaired) electrons. The number of amides is 1. The van der Waals surface area contributed by atoms with Crippen LogP contribution in [0.2, 0.25) is 0 Å². The number of anilines is 2. The molecule has 3 N–H and O–H groups in total. The molecular formula is C14H23ClN2O2. The first-order valence-electron chi connectivity index (χ1n) is 6.30. The summed E-state index contributed by atoms with van der Waals surface area (Å²) < 4.78 is 5.10. The predicted octanol–water partition coefficient (Wildman–Crippen LogP) is 3.46. The van der Waals surface area contributed by atoms with Crippen LogP contribution in [0.3, 0.4) is 0 Å². The van der Waals surface area contributed by atoms with E-state index in [1.165, 1.54) is 0 Å². The second-order valence-electron chi connectivity index (χ2n) is 4.60. The number of ether oxygens (including phenoxy) is 1. The van der Waals surface area contributed by atoms with E-state index in [9.17, 15) is 4.79 Å². The number of halogens is 1. The molecule has 108 valence electrons. The van der Waals surface area contributed by atoms with Crippen LogP contribution in [0.15, 0.2) is 18.2 Å². The average Bonchev–Trinajstić information content (AvgIpc) is 2.32. The van der Waals surface area contributed by atoms with Crippen LogP contribution in [0.25, 0.3) is 0 Å². The summed E-state index contributed by atoms with van der Waals surface area (Å²) in [5, 5.41) is 2.83. The number of nitrogens with one attached hydrogen (secondary N) is 1. The van der Waals surface area contributed by atoms with Gasteiger partial charge < -0.3 is 15.8 Å². The molecule has 1 amide bonds. The van der Waals surface area contributed by atoms with Crippen LogP contribution < -0.4 is 15.8 Å². The van der Waals surface area contributed by atoms with Crippen LogP contribution in [-0.2, 0) is 4.79 Å². The van der Waals surface area contributed by atoms with Gasteiger partial charge in [0.15, 0.2) is 0 Å². The summed E-state index contributed by atoms with van der Waals surface area (Å²) in [6, 6.07) is 5.23. The molecule has 4 nitrogen and oxygen atoms in total. The fourth-order valence-corrected chi connectivity index (χ4v) is 1.88. The van der Waals surface area contributed by atoms with E-state index >= 15 is 0 Å². The molecule has 1 rings (SSSR count). The molecule has 1 atom stereocenters. The maximum Gasteiger partial charge on any atom is 0.224 e. The number of carbonyl (C=O) groups excluding carboxylic acids is 1. The van der Waals surface area contributed by atoms with Gasteiger partial charge in [0.1, 0.15) is 5.75 Å². The smallest absolute Gasteiger partial charge is 0.224 e. The molecular weight excluding hydrogens is 264 g/mol. The summed E-state index contributed by atoms with van der Waals surface area (Å²) in [6.07, 6.45) is 2.67. The summed E-state index contributed by atoms with van der Waals surface area (Å²) in [6.45, 7) is 4.20. The van der Waals surface area contributed by atoms with Crippen LogP contribution in [0.1, 0.15) is 33.1 Å². The lowest BCUT2D eigenvalue weighted by Crippen LogP contribution is -2.16. The lowest BCUT2D eigenvalue weighted by Gasteiger charge is -2.12. The molecule has 0 fully saturated rings. The molecule has 0 heterocycles. The molecule has 19 heavy (non-hydrogen) atoms. The van der Waals surface area contributed by atoms with Gasteiger partial charge in [0.25, 0.3) is 0 Å². The van der Waals surface area contributed by atoms with Crippen molar-refractivity contribution in [2.75, 3.05) is 18.2 Å². The van der Waals surface area contributed by atoms with Gasteiger partial charge in [-0.2, -0.15) is 0 Å². The van der Waals surface area contributed by atoms with Crippen molar-refractivity contribution in [2.24, 2.45) is 5.92 Å². The highest BCUT2D eigenvalue weighted by molar-refractivity contribution is 5.94. The number of hydrogen-bond donors (Lipinski definition) is 2. The highest BCUT2D eigenvalue weighted by Gasteiger charge is 2.10. The molecule has 1 aromatic carbocycles. The van der Waals surface area contributed by atoms with Gasteiger partial charge in [-0.3, -0.25) is 4.79 Å². The number of carbonyl (C=O) groups is 1. The Morgan fingerprint density at radius 3 is 2.74 bits per heavy atom. The highest BCUT2D eigenvalue weighted by Crippen LogP contribution is 2.24. The average molecular weight is 287 g/mol. The van der Waals surface area contributed by atoms with E-state index in [2.05, 4.69) is 19.2 Å². The highest BCUT2D eigenvalue weighted by atomic mass is 35.5. The molecule has 0 aliphatic heterocycles. The zero-order valence-corrected chi connectivity index (χ0v) is 12.5. The van der Waals surface area contributed by atoms with Crippen molar-refractivity contribution in [1.29, 1.82) is 0 Å². The number of hydrogen-bond acceptors (Lipinski definition) is 3. The molecule has 0 aromatic heterocycles. The molecule has 5 heteroatoms. The number of benzene rings is 1. The number of methoxy groups -OCH3 is 1. The topological polar surface area (TPSA) is 64.3 Å². The van der Waals surface area contributed by atoms with Crippen molar-refractivity contribution >= 4 is 29.7 Å². The first kappa shape index (κ1) is 17.6. The fourth-order valence-electron chi connectivity index (χ4n) is 1.88. The van der Waals surface area contributed by atoms with E-state index in [1.807, 2.05) is 0 Å². The Labute approximate surface area is 121 Å². The first-order valence-corrected chi connectivity index (χ1v) is 6.30. The summed E-state index contributed by atoms with van der Waals surface area (Å²) in [5.41, 5.74) is 6.97. The van der Waals surface area contributed by atoms with Gasteiger partial charge in [-0.15, -0.1) is 12.4 Å². The van der Waals surface area contributed by atoms with Gasteiger partial charge in [0.2, 0.25) is 5.91 Å². The Morgan fingerprint density at radius 2 is 2.16 bits per heavy atom. The number of nitrogens with two attached hydrogens (primary N) is 1. The second-order valence-corrected chi connectivity index (χ2v) is 4.60. The van der Waals surface area contributed by atoms with Crippen molar-refractivity contribution in [3.8, 4) is 5.75 Å². The van der Waals surface area contributed by atoms with Gasteiger partial charge in [-0.05, 0) is 18.1 Å². The molecule has 1 aromatic rings. The van der Waals surface area contributed by atoms with Gasteiger partial charge in [-0.1, -0.05) is 26.7 Å². The van der Waals surface area contributed by atoms with Crippen LogP contribution in [0, 0.1) is 5.92 Å². The van der Waals surface area contributed by atoms with E-state index in [0.29, 0.717) is 29.5 Å². The molecule has 1 unspecified atom stereocenters.